The second-order valence-corrected chi connectivity index (χ2v) is 15.5. The van der Waals surface area contributed by atoms with Crippen LogP contribution in [0.1, 0.15) is 0 Å². The molecule has 11 rings (SSSR count). The van der Waals surface area contributed by atoms with Crippen LogP contribution in [0, 0.1) is 0 Å². The van der Waals surface area contributed by atoms with Gasteiger partial charge in [0.05, 0.1) is 22.7 Å². The van der Waals surface area contributed by atoms with Crippen molar-refractivity contribution in [2.45, 2.75) is 0 Å². The highest BCUT2D eigenvalue weighted by molar-refractivity contribution is 7.81. The van der Waals surface area contributed by atoms with E-state index in [9.17, 15) is 0 Å². The molecular formula is C48H32N3OP. The van der Waals surface area contributed by atoms with Crippen LogP contribution in [-0.4, -0.2) is 0 Å². The highest BCUT2D eigenvalue weighted by Gasteiger charge is 2.42. The average molecular weight is 698 g/mol. The largest absolute Gasteiger partial charge is 0.454 e. The van der Waals surface area contributed by atoms with E-state index in [1.165, 1.54) is 33.0 Å². The summed E-state index contributed by atoms with van der Waals surface area (Å²) in [5.74, 6) is 0. The van der Waals surface area contributed by atoms with Crippen LogP contribution in [0.4, 0.5) is 51.2 Å². The maximum absolute atomic E-state index is 6.84. The van der Waals surface area contributed by atoms with Crippen LogP contribution in [0.3, 0.4) is 0 Å². The number of fused-ring (bicyclic) bond motifs is 8. The van der Waals surface area contributed by atoms with Crippen molar-refractivity contribution < 1.29 is 4.42 Å². The second-order valence-electron chi connectivity index (χ2n) is 13.4. The lowest BCUT2D eigenvalue weighted by atomic mass is 10.1. The molecule has 0 amide bonds. The van der Waals surface area contributed by atoms with E-state index in [1.54, 1.807) is 0 Å². The zero-order chi connectivity index (χ0) is 34.9. The van der Waals surface area contributed by atoms with Crippen molar-refractivity contribution in [3.63, 3.8) is 0 Å². The van der Waals surface area contributed by atoms with Crippen molar-refractivity contribution in [2.75, 3.05) is 14.7 Å². The highest BCUT2D eigenvalue weighted by atomic mass is 31.1. The molecule has 3 heterocycles. The minimum atomic E-state index is -0.990. The topological polar surface area (TPSA) is 22.9 Å². The minimum Gasteiger partial charge on any atom is -0.454 e. The van der Waals surface area contributed by atoms with Gasteiger partial charge in [-0.2, -0.15) is 0 Å². The molecule has 9 aromatic rings. The number of furan rings is 1. The number of para-hydroxylation sites is 5. The summed E-state index contributed by atoms with van der Waals surface area (Å²) in [6.07, 6.45) is 0. The lowest BCUT2D eigenvalue weighted by Crippen LogP contribution is -2.40. The van der Waals surface area contributed by atoms with Gasteiger partial charge in [-0.15, -0.1) is 0 Å². The molecule has 2 aliphatic heterocycles. The van der Waals surface area contributed by atoms with E-state index in [2.05, 4.69) is 209 Å². The summed E-state index contributed by atoms with van der Waals surface area (Å²) in [6, 6.07) is 69.8. The van der Waals surface area contributed by atoms with Crippen LogP contribution in [0.2, 0.25) is 0 Å². The van der Waals surface area contributed by atoms with E-state index in [4.69, 9.17) is 4.42 Å². The first-order valence-corrected chi connectivity index (χ1v) is 19.3. The Kier molecular flexibility index (Phi) is 6.80. The lowest BCUT2D eigenvalue weighted by Gasteiger charge is -2.45. The van der Waals surface area contributed by atoms with Gasteiger partial charge in [0.15, 0.2) is 5.58 Å². The smallest absolute Gasteiger partial charge is 0.160 e. The summed E-state index contributed by atoms with van der Waals surface area (Å²) < 4.78 is 6.84. The maximum Gasteiger partial charge on any atom is 0.160 e. The number of benzene rings is 8. The van der Waals surface area contributed by atoms with E-state index in [0.29, 0.717) is 0 Å². The van der Waals surface area contributed by atoms with Crippen LogP contribution >= 0.6 is 7.92 Å². The Morgan fingerprint density at radius 1 is 0.415 bits per heavy atom. The van der Waals surface area contributed by atoms with Crippen molar-refractivity contribution in [1.82, 2.24) is 0 Å². The van der Waals surface area contributed by atoms with Gasteiger partial charge in [0.25, 0.3) is 0 Å². The average Bonchev–Trinajstić information content (AvgIpc) is 3.61. The fourth-order valence-corrected chi connectivity index (χ4v) is 11.0. The Bertz CT molecular complexity index is 2760. The Hall–Kier alpha value is -6.61. The van der Waals surface area contributed by atoms with E-state index >= 15 is 0 Å². The van der Waals surface area contributed by atoms with Gasteiger partial charge in [-0.25, -0.2) is 0 Å². The summed E-state index contributed by atoms with van der Waals surface area (Å²) in [7, 11) is -0.990. The summed E-state index contributed by atoms with van der Waals surface area (Å²) in [6.45, 7) is 0. The third-order valence-electron chi connectivity index (χ3n) is 10.4. The SMILES string of the molecule is c1ccc(N(c2ccccc2)c2ccc3c(c2)N(c2ccccc2)c2cccc4c2P3c2ccc3c(oc5ccccc53)c2N4c2ccccc2)cc1. The van der Waals surface area contributed by atoms with E-state index in [-0.39, 0.29) is 0 Å². The van der Waals surface area contributed by atoms with Crippen LogP contribution in [0.5, 0.6) is 0 Å². The Labute approximate surface area is 309 Å². The summed E-state index contributed by atoms with van der Waals surface area (Å²) in [4.78, 5) is 7.26. The molecule has 0 radical (unpaired) electrons. The second kappa shape index (κ2) is 12.0. The third-order valence-corrected chi connectivity index (χ3v) is 13.0. The summed E-state index contributed by atoms with van der Waals surface area (Å²) in [5.41, 5.74) is 12.1. The molecule has 8 aromatic carbocycles. The van der Waals surface area contributed by atoms with E-state index in [1.807, 2.05) is 0 Å². The van der Waals surface area contributed by atoms with E-state index < -0.39 is 7.92 Å². The normalized spacial score (nSPS) is 14.2. The molecule has 0 saturated carbocycles. The van der Waals surface area contributed by atoms with Gasteiger partial charge in [0.1, 0.15) is 5.58 Å². The number of hydrogen-bond acceptors (Lipinski definition) is 4. The van der Waals surface area contributed by atoms with Gasteiger partial charge in [-0.05, 0) is 98.9 Å². The monoisotopic (exact) mass is 697 g/mol. The van der Waals surface area contributed by atoms with E-state index in [0.717, 1.165) is 56.1 Å². The molecule has 1 atom stereocenters. The minimum absolute atomic E-state index is 0.905. The Morgan fingerprint density at radius 3 is 1.66 bits per heavy atom. The molecule has 1 unspecified atom stereocenters. The molecule has 0 bridgehead atoms. The molecule has 2 aliphatic rings. The van der Waals surface area contributed by atoms with Crippen LogP contribution < -0.4 is 30.6 Å². The van der Waals surface area contributed by atoms with Gasteiger partial charge in [-0.1, -0.05) is 103 Å². The zero-order valence-corrected chi connectivity index (χ0v) is 29.6. The van der Waals surface area contributed by atoms with Gasteiger partial charge < -0.3 is 19.1 Å². The van der Waals surface area contributed by atoms with Gasteiger partial charge >= 0.3 is 0 Å². The molecule has 0 fully saturated rings. The zero-order valence-electron chi connectivity index (χ0n) is 28.7. The fourth-order valence-electron chi connectivity index (χ4n) is 8.21. The molecule has 0 saturated heterocycles. The Morgan fingerprint density at radius 2 is 0.981 bits per heavy atom. The van der Waals surface area contributed by atoms with Crippen molar-refractivity contribution >= 4 is 97.0 Å². The molecular weight excluding hydrogens is 666 g/mol. The first-order valence-electron chi connectivity index (χ1n) is 18.0. The van der Waals surface area contributed by atoms with Gasteiger partial charge in [-0.3, -0.25) is 0 Å². The standard InChI is InChI=1S/C48H32N3OP/c1-5-16-33(17-6-1)49(34-18-7-2-8-19-34)37-28-30-44-42(32-37)50(35-20-9-3-10-21-35)40-25-15-26-41-48(40)53(44)45-31-29-39-38-24-13-14-27-43(38)52-47(39)46(45)51(41)36-22-11-4-12-23-36/h1-32H. The quantitative estimate of drug-likeness (QED) is 0.167. The number of hydrogen-bond donors (Lipinski definition) is 0. The van der Waals surface area contributed by atoms with Crippen molar-refractivity contribution in [1.29, 1.82) is 0 Å². The lowest BCUT2D eigenvalue weighted by molar-refractivity contribution is 0.669. The molecule has 5 heteroatoms. The van der Waals surface area contributed by atoms with Crippen molar-refractivity contribution in [3.05, 3.63) is 194 Å². The third kappa shape index (κ3) is 4.59. The highest BCUT2D eigenvalue weighted by Crippen LogP contribution is 2.58. The summed E-state index contributed by atoms with van der Waals surface area (Å²) in [5, 5.41) is 6.23. The fraction of sp³-hybridized carbons (Fsp3) is 0. The van der Waals surface area contributed by atoms with Crippen LogP contribution in [0.15, 0.2) is 199 Å². The predicted molar refractivity (Wildman–Crippen MR) is 224 cm³/mol. The number of rotatable bonds is 5. The predicted octanol–water partition coefficient (Wildman–Crippen LogP) is 12.4. The first kappa shape index (κ1) is 30.1. The van der Waals surface area contributed by atoms with Gasteiger partial charge in [0, 0.05) is 55.1 Å². The molecule has 1 aromatic heterocycles. The summed E-state index contributed by atoms with van der Waals surface area (Å²) >= 11 is 0. The maximum atomic E-state index is 6.84. The first-order chi connectivity index (χ1) is 26.3. The van der Waals surface area contributed by atoms with Crippen LogP contribution in [-0.2, 0) is 0 Å². The molecule has 0 N–H and O–H groups in total. The van der Waals surface area contributed by atoms with Crippen molar-refractivity contribution in [2.24, 2.45) is 0 Å². The van der Waals surface area contributed by atoms with Gasteiger partial charge in [0.2, 0.25) is 0 Å². The number of anilines is 9. The molecule has 0 spiro atoms. The molecule has 250 valence electrons. The number of nitrogens with zero attached hydrogens (tertiary/aromatic N) is 3. The van der Waals surface area contributed by atoms with Crippen LogP contribution in [0.25, 0.3) is 21.9 Å². The molecule has 0 aliphatic carbocycles. The molecule has 4 nitrogen and oxygen atoms in total. The molecule has 53 heavy (non-hydrogen) atoms. The Balaban J connectivity index is 1.22. The van der Waals surface area contributed by atoms with Crippen molar-refractivity contribution in [3.8, 4) is 0 Å².